The van der Waals surface area contributed by atoms with Gasteiger partial charge in [-0.3, -0.25) is 0 Å². The zero-order chi connectivity index (χ0) is 8.65. The van der Waals surface area contributed by atoms with Crippen LogP contribution in [0.25, 0.3) is 0 Å². The van der Waals surface area contributed by atoms with Gasteiger partial charge in [-0.1, -0.05) is 12.1 Å². The Morgan fingerprint density at radius 2 is 2.33 bits per heavy atom. The lowest BCUT2D eigenvalue weighted by Gasteiger charge is -2.04. The zero-order valence-electron chi connectivity index (χ0n) is 7.25. The molecule has 0 amide bonds. The number of benzene rings is 1. The summed E-state index contributed by atoms with van der Waals surface area (Å²) < 4.78 is 10.3. The summed E-state index contributed by atoms with van der Waals surface area (Å²) in [5.74, 6) is 0.869. The highest BCUT2D eigenvalue weighted by Gasteiger charge is 1.90. The fourth-order valence-corrected chi connectivity index (χ4v) is 0.860. The monoisotopic (exact) mass is 165 g/mol. The minimum atomic E-state index is 0.700. The lowest BCUT2D eigenvalue weighted by molar-refractivity contribution is 0.172. The second kappa shape index (κ2) is 5.61. The Morgan fingerprint density at radius 1 is 1.42 bits per heavy atom. The molecule has 2 heteroatoms. The van der Waals surface area contributed by atoms with Crippen molar-refractivity contribution in [2.24, 2.45) is 0 Å². The number of rotatable bonds is 5. The molecule has 0 saturated heterocycles. The van der Waals surface area contributed by atoms with E-state index in [1.54, 1.807) is 7.11 Å². The van der Waals surface area contributed by atoms with Crippen LogP contribution in [0.3, 0.4) is 0 Å². The number of ether oxygens (including phenoxy) is 2. The van der Waals surface area contributed by atoms with Gasteiger partial charge in [-0.25, -0.2) is 0 Å². The van der Waals surface area contributed by atoms with Gasteiger partial charge in [0.05, 0.1) is 6.61 Å². The summed E-state index contributed by atoms with van der Waals surface area (Å²) in [5, 5.41) is 0. The maximum Gasteiger partial charge on any atom is 0.119 e. The Balaban J connectivity index is 2.16. The quantitative estimate of drug-likeness (QED) is 0.620. The van der Waals surface area contributed by atoms with Crippen LogP contribution in [0.15, 0.2) is 24.3 Å². The van der Waals surface area contributed by atoms with E-state index in [4.69, 9.17) is 9.47 Å². The summed E-state index contributed by atoms with van der Waals surface area (Å²) >= 11 is 0. The van der Waals surface area contributed by atoms with Crippen molar-refractivity contribution in [3.8, 4) is 5.75 Å². The van der Waals surface area contributed by atoms with Gasteiger partial charge in [0.1, 0.15) is 5.75 Å². The first kappa shape index (κ1) is 9.07. The first-order chi connectivity index (χ1) is 5.93. The second-order valence-corrected chi connectivity index (χ2v) is 2.43. The number of hydrogen-bond acceptors (Lipinski definition) is 2. The van der Waals surface area contributed by atoms with E-state index < -0.39 is 0 Å². The highest BCUT2D eigenvalue weighted by molar-refractivity contribution is 5.19. The first-order valence-electron chi connectivity index (χ1n) is 4.01. The van der Waals surface area contributed by atoms with Crippen molar-refractivity contribution in [3.63, 3.8) is 0 Å². The molecular weight excluding hydrogens is 152 g/mol. The average Bonchev–Trinajstić information content (AvgIpc) is 2.14. The Morgan fingerprint density at radius 3 is 3.00 bits per heavy atom. The molecule has 0 bridgehead atoms. The second-order valence-electron chi connectivity index (χ2n) is 2.43. The van der Waals surface area contributed by atoms with Gasteiger partial charge < -0.3 is 9.47 Å². The smallest absolute Gasteiger partial charge is 0.119 e. The van der Waals surface area contributed by atoms with Gasteiger partial charge in [-0.05, 0) is 18.2 Å². The van der Waals surface area contributed by atoms with Crippen LogP contribution in [0.1, 0.15) is 6.42 Å². The van der Waals surface area contributed by atoms with E-state index in [0.29, 0.717) is 6.61 Å². The Kier molecular flexibility index (Phi) is 4.24. The van der Waals surface area contributed by atoms with Crippen molar-refractivity contribution in [1.82, 2.24) is 0 Å². The highest BCUT2D eigenvalue weighted by atomic mass is 16.5. The van der Waals surface area contributed by atoms with Crippen molar-refractivity contribution in [3.05, 3.63) is 30.3 Å². The molecule has 0 aliphatic carbocycles. The first-order valence-corrected chi connectivity index (χ1v) is 4.01. The molecule has 1 radical (unpaired) electrons. The van der Waals surface area contributed by atoms with E-state index in [2.05, 4.69) is 6.07 Å². The highest BCUT2D eigenvalue weighted by Crippen LogP contribution is 2.07. The van der Waals surface area contributed by atoms with Gasteiger partial charge in [0.2, 0.25) is 0 Å². The summed E-state index contributed by atoms with van der Waals surface area (Å²) in [5.41, 5.74) is 0. The maximum atomic E-state index is 5.40. The summed E-state index contributed by atoms with van der Waals surface area (Å²) in [4.78, 5) is 0. The van der Waals surface area contributed by atoms with E-state index in [0.717, 1.165) is 18.8 Å². The molecule has 0 aromatic heterocycles. The van der Waals surface area contributed by atoms with Crippen molar-refractivity contribution in [2.45, 2.75) is 6.42 Å². The fraction of sp³-hybridized carbons (Fsp3) is 0.400. The van der Waals surface area contributed by atoms with Crippen LogP contribution in [0.4, 0.5) is 0 Å². The molecule has 0 unspecified atom stereocenters. The van der Waals surface area contributed by atoms with Gasteiger partial charge in [0.25, 0.3) is 0 Å². The Hall–Kier alpha value is -1.02. The third-order valence-electron chi connectivity index (χ3n) is 1.44. The molecule has 0 aliphatic rings. The van der Waals surface area contributed by atoms with Crippen LogP contribution in [-0.4, -0.2) is 20.3 Å². The molecule has 1 rings (SSSR count). The van der Waals surface area contributed by atoms with Crippen LogP contribution in [0.2, 0.25) is 0 Å². The molecule has 1 aromatic rings. The van der Waals surface area contributed by atoms with Gasteiger partial charge in [0, 0.05) is 20.1 Å². The average molecular weight is 165 g/mol. The molecule has 0 heterocycles. The predicted octanol–water partition coefficient (Wildman–Crippen LogP) is 1.90. The molecule has 0 spiro atoms. The van der Waals surface area contributed by atoms with Crippen molar-refractivity contribution < 1.29 is 9.47 Å². The molecule has 1 aromatic carbocycles. The van der Waals surface area contributed by atoms with E-state index in [-0.39, 0.29) is 0 Å². The largest absolute Gasteiger partial charge is 0.493 e. The zero-order valence-corrected chi connectivity index (χ0v) is 7.25. The SMILES string of the molecule is COCCCOc1c[c]ccc1. The minimum absolute atomic E-state index is 0.700. The van der Waals surface area contributed by atoms with Gasteiger partial charge in [-0.2, -0.15) is 0 Å². The van der Waals surface area contributed by atoms with Crippen molar-refractivity contribution in [2.75, 3.05) is 20.3 Å². The van der Waals surface area contributed by atoms with Crippen molar-refractivity contribution in [1.29, 1.82) is 0 Å². The summed E-state index contributed by atoms with van der Waals surface area (Å²) in [6, 6.07) is 10.4. The Labute approximate surface area is 73.1 Å². The van der Waals surface area contributed by atoms with Crippen LogP contribution in [0.5, 0.6) is 5.75 Å². The molecule has 0 aliphatic heterocycles. The van der Waals surface area contributed by atoms with Gasteiger partial charge in [-0.15, -0.1) is 0 Å². The summed E-state index contributed by atoms with van der Waals surface area (Å²) in [6.45, 7) is 1.45. The molecule has 0 fully saturated rings. The molecule has 12 heavy (non-hydrogen) atoms. The minimum Gasteiger partial charge on any atom is -0.493 e. The number of hydrogen-bond donors (Lipinski definition) is 0. The lowest BCUT2D eigenvalue weighted by atomic mass is 10.3. The van der Waals surface area contributed by atoms with Crippen LogP contribution >= 0.6 is 0 Å². The van der Waals surface area contributed by atoms with E-state index in [1.807, 2.05) is 24.3 Å². The van der Waals surface area contributed by atoms with E-state index >= 15 is 0 Å². The molecule has 0 N–H and O–H groups in total. The third-order valence-corrected chi connectivity index (χ3v) is 1.44. The topological polar surface area (TPSA) is 18.5 Å². The van der Waals surface area contributed by atoms with E-state index in [9.17, 15) is 0 Å². The maximum absolute atomic E-state index is 5.40. The molecule has 65 valence electrons. The predicted molar refractivity (Wildman–Crippen MR) is 47.3 cm³/mol. The molecule has 2 nitrogen and oxygen atoms in total. The van der Waals surface area contributed by atoms with E-state index in [1.165, 1.54) is 0 Å². The summed E-state index contributed by atoms with van der Waals surface area (Å²) in [7, 11) is 1.69. The normalized spacial score (nSPS) is 9.75. The Bertz CT molecular complexity index is 196. The summed E-state index contributed by atoms with van der Waals surface area (Å²) in [6.07, 6.45) is 0.922. The third kappa shape index (κ3) is 3.39. The fourth-order valence-electron chi connectivity index (χ4n) is 0.860. The van der Waals surface area contributed by atoms with Crippen LogP contribution in [-0.2, 0) is 4.74 Å². The molecule has 0 atom stereocenters. The molecule has 0 saturated carbocycles. The van der Waals surface area contributed by atoms with Crippen molar-refractivity contribution >= 4 is 0 Å². The molecular formula is C10H13O2. The number of methoxy groups -OCH3 is 1. The van der Waals surface area contributed by atoms with Gasteiger partial charge in [0.15, 0.2) is 0 Å². The van der Waals surface area contributed by atoms with Gasteiger partial charge >= 0.3 is 0 Å². The lowest BCUT2D eigenvalue weighted by Crippen LogP contribution is -2.00. The van der Waals surface area contributed by atoms with Crippen LogP contribution < -0.4 is 4.74 Å². The standard InChI is InChI=1S/C10H13O2/c1-11-8-5-9-12-10-6-3-2-4-7-10/h2-3,6-7H,5,8-9H2,1H3. The van der Waals surface area contributed by atoms with Crippen LogP contribution in [0, 0.1) is 6.07 Å².